The van der Waals surface area contributed by atoms with Gasteiger partial charge in [-0.1, -0.05) is 41.9 Å². The number of carbonyl (C=O) groups excluding carboxylic acids is 1. The van der Waals surface area contributed by atoms with Gasteiger partial charge in [0.25, 0.3) is 5.91 Å². The molecule has 0 bridgehead atoms. The lowest BCUT2D eigenvalue weighted by molar-refractivity contribution is 0.0947. The van der Waals surface area contributed by atoms with Crippen molar-refractivity contribution in [2.24, 2.45) is 0 Å². The first-order valence-electron chi connectivity index (χ1n) is 10.4. The minimum Gasteiger partial charge on any atom is -0.492 e. The zero-order valence-corrected chi connectivity index (χ0v) is 20.4. The average Bonchev–Trinajstić information content (AvgIpc) is 2.76. The number of halogens is 1. The van der Waals surface area contributed by atoms with Gasteiger partial charge in [-0.3, -0.25) is 9.10 Å². The average molecular weight is 487 g/mol. The first kappa shape index (κ1) is 24.6. The number of benzene rings is 3. The van der Waals surface area contributed by atoms with E-state index in [0.29, 0.717) is 29.4 Å². The van der Waals surface area contributed by atoms with Gasteiger partial charge in [0.1, 0.15) is 12.4 Å². The van der Waals surface area contributed by atoms with Crippen molar-refractivity contribution in [1.29, 1.82) is 0 Å². The second-order valence-electron chi connectivity index (χ2n) is 7.82. The summed E-state index contributed by atoms with van der Waals surface area (Å²) in [6.45, 7) is 4.68. The van der Waals surface area contributed by atoms with Gasteiger partial charge in [-0.05, 0) is 66.9 Å². The maximum Gasteiger partial charge on any atom is 0.251 e. The summed E-state index contributed by atoms with van der Waals surface area (Å²) in [5.74, 6) is 0.541. The van der Waals surface area contributed by atoms with Crippen LogP contribution in [0.3, 0.4) is 0 Å². The van der Waals surface area contributed by atoms with E-state index in [1.54, 1.807) is 42.5 Å². The predicted octanol–water partition coefficient (Wildman–Crippen LogP) is 4.73. The number of hydrogen-bond acceptors (Lipinski definition) is 4. The van der Waals surface area contributed by atoms with E-state index in [1.807, 2.05) is 38.1 Å². The summed E-state index contributed by atoms with van der Waals surface area (Å²) in [7, 11) is -3.54. The molecule has 0 saturated carbocycles. The molecule has 0 heterocycles. The number of amides is 1. The number of sulfonamides is 1. The van der Waals surface area contributed by atoms with E-state index in [0.717, 1.165) is 28.7 Å². The Morgan fingerprint density at radius 1 is 1.03 bits per heavy atom. The Morgan fingerprint density at radius 3 is 2.42 bits per heavy atom. The summed E-state index contributed by atoms with van der Waals surface area (Å²) >= 11 is 6.09. The fourth-order valence-electron chi connectivity index (χ4n) is 3.30. The van der Waals surface area contributed by atoms with Crippen LogP contribution in [0.2, 0.25) is 5.02 Å². The highest BCUT2D eigenvalue weighted by molar-refractivity contribution is 7.92. The van der Waals surface area contributed by atoms with Crippen LogP contribution in [-0.4, -0.2) is 33.7 Å². The molecule has 0 unspecified atom stereocenters. The molecule has 0 atom stereocenters. The predicted molar refractivity (Wildman–Crippen MR) is 133 cm³/mol. The van der Waals surface area contributed by atoms with Gasteiger partial charge in [0.2, 0.25) is 10.0 Å². The molecular weight excluding hydrogens is 460 g/mol. The Balaban J connectivity index is 1.61. The Kier molecular flexibility index (Phi) is 8.00. The molecular formula is C25H27ClN2O4S. The fraction of sp³-hybridized carbons (Fsp3) is 0.240. The fourth-order valence-corrected chi connectivity index (χ4v) is 4.40. The number of ether oxygens (including phenoxy) is 1. The normalized spacial score (nSPS) is 11.2. The van der Waals surface area contributed by atoms with Crippen LogP contribution in [0.4, 0.5) is 5.69 Å². The molecule has 6 nitrogen and oxygen atoms in total. The van der Waals surface area contributed by atoms with Crippen molar-refractivity contribution in [2.75, 3.05) is 23.7 Å². The molecule has 0 aliphatic rings. The maximum absolute atomic E-state index is 12.4. The summed E-state index contributed by atoms with van der Waals surface area (Å²) in [5, 5.41) is 3.28. The molecule has 1 N–H and O–H groups in total. The summed E-state index contributed by atoms with van der Waals surface area (Å²) in [6.07, 6.45) is 1.16. The van der Waals surface area contributed by atoms with Gasteiger partial charge in [-0.15, -0.1) is 0 Å². The molecule has 0 aliphatic carbocycles. The van der Waals surface area contributed by atoms with Crippen LogP contribution in [0.5, 0.6) is 5.75 Å². The molecule has 174 valence electrons. The molecule has 0 radical (unpaired) electrons. The van der Waals surface area contributed by atoms with Crippen molar-refractivity contribution in [2.45, 2.75) is 20.4 Å². The summed E-state index contributed by atoms with van der Waals surface area (Å²) in [6, 6.07) is 19.7. The Labute approximate surface area is 200 Å². The Morgan fingerprint density at radius 2 is 1.76 bits per heavy atom. The van der Waals surface area contributed by atoms with Crippen molar-refractivity contribution in [3.63, 3.8) is 0 Å². The van der Waals surface area contributed by atoms with Gasteiger partial charge in [0, 0.05) is 10.6 Å². The summed E-state index contributed by atoms with van der Waals surface area (Å²) < 4.78 is 31.9. The lowest BCUT2D eigenvalue weighted by Gasteiger charge is -2.24. The molecule has 0 saturated heterocycles. The number of carbonyl (C=O) groups is 1. The minimum absolute atomic E-state index is 0.131. The first-order chi connectivity index (χ1) is 15.6. The zero-order chi connectivity index (χ0) is 24.0. The van der Waals surface area contributed by atoms with Crippen molar-refractivity contribution in [3.05, 3.63) is 94.0 Å². The van der Waals surface area contributed by atoms with Crippen LogP contribution in [-0.2, 0) is 16.6 Å². The quantitative estimate of drug-likeness (QED) is 0.443. The Bertz CT molecular complexity index is 1230. The minimum atomic E-state index is -3.54. The molecule has 3 aromatic rings. The third-order valence-electron chi connectivity index (χ3n) is 5.03. The van der Waals surface area contributed by atoms with E-state index in [1.165, 1.54) is 4.31 Å². The zero-order valence-electron chi connectivity index (χ0n) is 18.8. The smallest absolute Gasteiger partial charge is 0.251 e. The molecule has 3 rings (SSSR count). The lowest BCUT2D eigenvalue weighted by atomic mass is 10.1. The van der Waals surface area contributed by atoms with Crippen LogP contribution in [0, 0.1) is 13.8 Å². The lowest BCUT2D eigenvalue weighted by Crippen LogP contribution is -2.30. The van der Waals surface area contributed by atoms with Crippen LogP contribution >= 0.6 is 11.6 Å². The van der Waals surface area contributed by atoms with Crippen molar-refractivity contribution in [1.82, 2.24) is 5.32 Å². The molecule has 0 spiro atoms. The van der Waals surface area contributed by atoms with Crippen molar-refractivity contribution in [3.8, 4) is 5.75 Å². The molecule has 0 fully saturated rings. The molecule has 1 amide bonds. The third-order valence-corrected chi connectivity index (χ3v) is 6.39. The number of nitrogens with one attached hydrogen (secondary N) is 1. The van der Waals surface area contributed by atoms with Gasteiger partial charge in [0.15, 0.2) is 0 Å². The second-order valence-corrected chi connectivity index (χ2v) is 10.2. The number of hydrogen-bond donors (Lipinski definition) is 1. The van der Waals surface area contributed by atoms with Crippen molar-refractivity contribution < 1.29 is 17.9 Å². The number of rotatable bonds is 9. The van der Waals surface area contributed by atoms with Gasteiger partial charge in [0.05, 0.1) is 25.0 Å². The third kappa shape index (κ3) is 6.97. The Hall–Kier alpha value is -3.03. The topological polar surface area (TPSA) is 75.7 Å². The van der Waals surface area contributed by atoms with Crippen LogP contribution in [0.15, 0.2) is 66.7 Å². The van der Waals surface area contributed by atoms with E-state index in [4.69, 9.17) is 16.3 Å². The first-order valence-corrected chi connectivity index (χ1v) is 12.7. The van der Waals surface area contributed by atoms with Crippen LogP contribution < -0.4 is 14.4 Å². The van der Waals surface area contributed by atoms with Crippen LogP contribution in [0.25, 0.3) is 0 Å². The van der Waals surface area contributed by atoms with Gasteiger partial charge in [-0.25, -0.2) is 8.42 Å². The van der Waals surface area contributed by atoms with E-state index >= 15 is 0 Å². The van der Waals surface area contributed by atoms with Crippen molar-refractivity contribution >= 4 is 33.2 Å². The number of nitrogens with zero attached hydrogens (tertiary/aromatic N) is 1. The van der Waals surface area contributed by atoms with Gasteiger partial charge >= 0.3 is 0 Å². The monoisotopic (exact) mass is 486 g/mol. The largest absolute Gasteiger partial charge is 0.492 e. The standard InChI is InChI=1S/C25H27ClN2O4S/c1-18-5-4-6-23(15-18)32-14-13-27-25(29)21-10-8-20(9-11-21)17-28(33(3,30)31)24-16-22(26)12-7-19(24)2/h4-12,15-16H,13-14,17H2,1-3H3,(H,27,29). The second kappa shape index (κ2) is 10.7. The van der Waals surface area contributed by atoms with E-state index in [-0.39, 0.29) is 12.5 Å². The SMILES string of the molecule is Cc1cccc(OCCNC(=O)c2ccc(CN(c3cc(Cl)ccc3C)S(C)(=O)=O)cc2)c1. The summed E-state index contributed by atoms with van der Waals surface area (Å²) in [5.41, 5.74) is 3.67. The highest BCUT2D eigenvalue weighted by Gasteiger charge is 2.20. The number of aryl methyl sites for hydroxylation is 2. The molecule has 33 heavy (non-hydrogen) atoms. The highest BCUT2D eigenvalue weighted by Crippen LogP contribution is 2.28. The molecule has 0 aliphatic heterocycles. The molecule has 0 aromatic heterocycles. The molecule has 3 aromatic carbocycles. The van der Waals surface area contributed by atoms with E-state index in [2.05, 4.69) is 5.32 Å². The molecule has 8 heteroatoms. The maximum atomic E-state index is 12.4. The highest BCUT2D eigenvalue weighted by atomic mass is 35.5. The van der Waals surface area contributed by atoms with Gasteiger partial charge < -0.3 is 10.1 Å². The summed E-state index contributed by atoms with van der Waals surface area (Å²) in [4.78, 5) is 12.4. The van der Waals surface area contributed by atoms with E-state index in [9.17, 15) is 13.2 Å². The van der Waals surface area contributed by atoms with E-state index < -0.39 is 10.0 Å². The number of anilines is 1. The van der Waals surface area contributed by atoms with Crippen LogP contribution in [0.1, 0.15) is 27.0 Å². The van der Waals surface area contributed by atoms with Gasteiger partial charge in [-0.2, -0.15) is 0 Å².